The lowest BCUT2D eigenvalue weighted by Gasteiger charge is -2.30. The molecule has 1 aromatic heterocycles. The maximum absolute atomic E-state index is 14.3. The fraction of sp³-hybridized carbons (Fsp3) is 0.586. The molecule has 0 radical (unpaired) electrons. The molecule has 3 atom stereocenters. The third-order valence-electron chi connectivity index (χ3n) is 7.78. The quantitative estimate of drug-likeness (QED) is 0.432. The van der Waals surface area contributed by atoms with Crippen molar-refractivity contribution in [1.29, 1.82) is 0 Å². The summed E-state index contributed by atoms with van der Waals surface area (Å²) in [4.78, 5) is 19.1. The minimum Gasteiger partial charge on any atom is -0.480 e. The van der Waals surface area contributed by atoms with Gasteiger partial charge in [-0.05, 0) is 92.7 Å². The molecule has 2 saturated heterocycles. The van der Waals surface area contributed by atoms with Gasteiger partial charge in [0.2, 0.25) is 0 Å². The van der Waals surface area contributed by atoms with Crippen LogP contribution in [-0.4, -0.2) is 59.9 Å². The second-order valence-electron chi connectivity index (χ2n) is 10.4. The molecule has 2 aromatic rings. The summed E-state index contributed by atoms with van der Waals surface area (Å²) in [6, 6.07) is 7.90. The lowest BCUT2D eigenvalue weighted by atomic mass is 9.92. The van der Waals surface area contributed by atoms with Gasteiger partial charge in [0, 0.05) is 38.5 Å². The highest BCUT2D eigenvalue weighted by molar-refractivity contribution is 5.76. The Balaban J connectivity index is 1.13. The normalized spacial score (nSPS) is 22.8. The summed E-state index contributed by atoms with van der Waals surface area (Å²) in [5.41, 5.74) is 3.72. The maximum atomic E-state index is 14.3. The lowest BCUT2D eigenvalue weighted by molar-refractivity contribution is -0.143. The van der Waals surface area contributed by atoms with E-state index in [1.165, 1.54) is 17.7 Å². The third kappa shape index (κ3) is 6.48. The molecule has 0 amide bonds. The number of aryl methyl sites for hydroxylation is 2. The number of likely N-dealkylation sites (tertiary alicyclic amines) is 1. The summed E-state index contributed by atoms with van der Waals surface area (Å²) < 4.78 is 26.3. The summed E-state index contributed by atoms with van der Waals surface area (Å²) >= 11 is 0. The van der Waals surface area contributed by atoms with Crippen molar-refractivity contribution in [2.75, 3.05) is 38.2 Å². The number of aromatic nitrogens is 1. The molecule has 7 nitrogen and oxygen atoms in total. The third-order valence-corrected chi connectivity index (χ3v) is 7.78. The van der Waals surface area contributed by atoms with Gasteiger partial charge in [0.05, 0.1) is 12.2 Å². The van der Waals surface area contributed by atoms with Crippen molar-refractivity contribution in [1.82, 2.24) is 9.88 Å². The molecule has 0 unspecified atom stereocenters. The van der Waals surface area contributed by atoms with E-state index in [4.69, 9.17) is 14.5 Å². The minimum atomic E-state index is -0.963. The Morgan fingerprint density at radius 2 is 2.14 bits per heavy atom. The van der Waals surface area contributed by atoms with E-state index >= 15 is 0 Å². The highest BCUT2D eigenvalue weighted by atomic mass is 19.1. The molecule has 0 saturated carbocycles. The first kappa shape index (κ1) is 26.1. The Morgan fingerprint density at radius 1 is 1.22 bits per heavy atom. The second kappa shape index (κ2) is 12.3. The molecule has 1 aromatic carbocycles. The summed E-state index contributed by atoms with van der Waals surface area (Å²) in [5.74, 6) is -0.345. The molecule has 37 heavy (non-hydrogen) atoms. The van der Waals surface area contributed by atoms with Gasteiger partial charge < -0.3 is 19.9 Å². The number of rotatable bonds is 10. The zero-order valence-electron chi connectivity index (χ0n) is 21.5. The van der Waals surface area contributed by atoms with Crippen molar-refractivity contribution in [3.05, 3.63) is 58.5 Å². The van der Waals surface area contributed by atoms with E-state index in [9.17, 15) is 14.3 Å². The lowest BCUT2D eigenvalue weighted by Crippen LogP contribution is -2.34. The first-order chi connectivity index (χ1) is 18.1. The van der Waals surface area contributed by atoms with Gasteiger partial charge in [-0.25, -0.2) is 9.37 Å². The van der Waals surface area contributed by atoms with Gasteiger partial charge in [0.25, 0.3) is 0 Å². The average molecular weight is 512 g/mol. The number of anilines is 1. The van der Waals surface area contributed by atoms with E-state index in [1.54, 1.807) is 6.07 Å². The number of hydrogen-bond donors (Lipinski definition) is 2. The van der Waals surface area contributed by atoms with Crippen molar-refractivity contribution >= 4 is 11.8 Å². The molecular formula is C29H38FN3O4. The number of carbonyl (C=O) groups is 1. The molecule has 200 valence electrons. The zero-order chi connectivity index (χ0) is 25.6. The zero-order valence-corrected chi connectivity index (χ0v) is 21.5. The number of aliphatic carboxylic acids is 1. The van der Waals surface area contributed by atoms with Gasteiger partial charge in [-0.2, -0.15) is 0 Å². The number of nitrogens with zero attached hydrogens (tertiary/aromatic N) is 2. The van der Waals surface area contributed by atoms with Gasteiger partial charge in [0.1, 0.15) is 17.7 Å². The van der Waals surface area contributed by atoms with Crippen LogP contribution in [0, 0.1) is 5.82 Å². The molecule has 8 heteroatoms. The van der Waals surface area contributed by atoms with Crippen molar-refractivity contribution < 1.29 is 23.8 Å². The summed E-state index contributed by atoms with van der Waals surface area (Å²) in [6.45, 7) is 3.41. The number of nitrogens with one attached hydrogen (secondary N) is 1. The Hall–Kier alpha value is -2.55. The van der Waals surface area contributed by atoms with Crippen LogP contribution in [0.25, 0.3) is 0 Å². The molecule has 0 aliphatic carbocycles. The number of carboxylic acids is 1. The predicted molar refractivity (Wildman–Crippen MR) is 139 cm³/mol. The first-order valence-electron chi connectivity index (χ1n) is 13.8. The summed E-state index contributed by atoms with van der Waals surface area (Å²) in [5, 5.41) is 13.5. The SMILES string of the molecule is O=C(O)[C@H](c1cc(F)ccc1[C@@H]1CCCCO1)N1CC[C@H](OCCCCc2ccc3c(n2)NCCC3)C1. The number of ether oxygens (including phenoxy) is 2. The molecule has 5 rings (SSSR count). The smallest absolute Gasteiger partial charge is 0.325 e. The van der Waals surface area contributed by atoms with E-state index in [2.05, 4.69) is 17.4 Å². The summed E-state index contributed by atoms with van der Waals surface area (Å²) in [7, 11) is 0. The van der Waals surface area contributed by atoms with Gasteiger partial charge in [-0.3, -0.25) is 9.69 Å². The van der Waals surface area contributed by atoms with Gasteiger partial charge >= 0.3 is 5.97 Å². The van der Waals surface area contributed by atoms with Crippen molar-refractivity contribution in [2.24, 2.45) is 0 Å². The largest absolute Gasteiger partial charge is 0.480 e. The van der Waals surface area contributed by atoms with Crippen LogP contribution in [0.5, 0.6) is 0 Å². The Morgan fingerprint density at radius 3 is 2.97 bits per heavy atom. The highest BCUT2D eigenvalue weighted by Crippen LogP contribution is 2.36. The number of carboxylic acid groups (broad SMARTS) is 1. The topological polar surface area (TPSA) is 83.9 Å². The Bertz CT molecular complexity index is 1080. The average Bonchev–Trinajstić information content (AvgIpc) is 3.37. The highest BCUT2D eigenvalue weighted by Gasteiger charge is 2.36. The number of unbranched alkanes of at least 4 members (excludes halogenated alkanes) is 1. The standard InChI is InChI=1S/C29H38FN3O4/c30-21-10-12-24(26-8-2-4-17-37-26)25(18-21)27(29(34)35)33-15-13-23(19-33)36-16-3-1-7-22-11-9-20-6-5-14-31-28(20)32-22/h9-12,18,23,26-27H,1-8,13-17,19H2,(H,31,32)(H,34,35)/t23-,26-,27-/m0/s1. The van der Waals surface area contributed by atoms with E-state index in [1.807, 2.05) is 4.90 Å². The van der Waals surface area contributed by atoms with Crippen LogP contribution in [0.15, 0.2) is 30.3 Å². The van der Waals surface area contributed by atoms with Crippen LogP contribution in [0.2, 0.25) is 0 Å². The number of benzene rings is 1. The van der Waals surface area contributed by atoms with Crippen LogP contribution in [0.4, 0.5) is 10.2 Å². The van der Waals surface area contributed by atoms with Crippen molar-refractivity contribution in [3.63, 3.8) is 0 Å². The molecular weight excluding hydrogens is 473 g/mol. The monoisotopic (exact) mass is 511 g/mol. The predicted octanol–water partition coefficient (Wildman–Crippen LogP) is 5.06. The van der Waals surface area contributed by atoms with Crippen LogP contribution >= 0.6 is 0 Å². The van der Waals surface area contributed by atoms with E-state index in [0.717, 1.165) is 81.4 Å². The fourth-order valence-corrected chi connectivity index (χ4v) is 5.84. The minimum absolute atomic E-state index is 0.0177. The molecule has 2 fully saturated rings. The molecule has 0 bridgehead atoms. The Kier molecular flexibility index (Phi) is 8.69. The van der Waals surface area contributed by atoms with Gasteiger partial charge in [0.15, 0.2) is 0 Å². The number of fused-ring (bicyclic) bond motifs is 1. The molecule has 3 aliphatic rings. The van der Waals surface area contributed by atoms with Crippen LogP contribution in [0.3, 0.4) is 0 Å². The molecule has 3 aliphatic heterocycles. The van der Waals surface area contributed by atoms with Crippen molar-refractivity contribution in [3.8, 4) is 0 Å². The van der Waals surface area contributed by atoms with Gasteiger partial charge in [-0.15, -0.1) is 0 Å². The van der Waals surface area contributed by atoms with Crippen molar-refractivity contribution in [2.45, 2.75) is 76.0 Å². The van der Waals surface area contributed by atoms with E-state index in [0.29, 0.717) is 31.9 Å². The molecule has 4 heterocycles. The van der Waals surface area contributed by atoms with E-state index < -0.39 is 17.8 Å². The molecule has 2 N–H and O–H groups in total. The Labute approximate surface area is 218 Å². The van der Waals surface area contributed by atoms with Crippen LogP contribution in [-0.2, 0) is 27.1 Å². The number of pyridine rings is 1. The number of hydrogen-bond acceptors (Lipinski definition) is 6. The van der Waals surface area contributed by atoms with Gasteiger partial charge in [-0.1, -0.05) is 12.1 Å². The van der Waals surface area contributed by atoms with Crippen LogP contribution in [0.1, 0.15) is 79.5 Å². The fourth-order valence-electron chi connectivity index (χ4n) is 5.84. The van der Waals surface area contributed by atoms with E-state index in [-0.39, 0.29) is 12.2 Å². The summed E-state index contributed by atoms with van der Waals surface area (Å²) in [6.07, 6.45) is 8.53. The van der Waals surface area contributed by atoms with Crippen LogP contribution < -0.4 is 5.32 Å². The second-order valence-corrected chi connectivity index (χ2v) is 10.4. The molecule has 0 spiro atoms. The maximum Gasteiger partial charge on any atom is 0.325 e. The first-order valence-corrected chi connectivity index (χ1v) is 13.8. The number of halogens is 1.